The van der Waals surface area contributed by atoms with Crippen molar-refractivity contribution in [1.82, 2.24) is 15.5 Å². The quantitative estimate of drug-likeness (QED) is 0.858. The molecule has 2 aliphatic heterocycles. The number of piperidine rings is 1. The third-order valence-corrected chi connectivity index (χ3v) is 5.09. The molecule has 2 heterocycles. The number of nitrogens with one attached hydrogen (secondary N) is 2. The van der Waals surface area contributed by atoms with Gasteiger partial charge >= 0.3 is 0 Å². The van der Waals surface area contributed by atoms with E-state index in [9.17, 15) is 4.79 Å². The Labute approximate surface area is 144 Å². The van der Waals surface area contributed by atoms with Crippen molar-refractivity contribution in [2.45, 2.75) is 25.8 Å². The van der Waals surface area contributed by atoms with Gasteiger partial charge in [-0.3, -0.25) is 9.69 Å². The summed E-state index contributed by atoms with van der Waals surface area (Å²) in [7, 11) is 0. The van der Waals surface area contributed by atoms with Crippen molar-refractivity contribution >= 4 is 5.91 Å². The molecule has 0 aromatic heterocycles. The molecular formula is C19H29N3O2. The van der Waals surface area contributed by atoms with Gasteiger partial charge in [-0.05, 0) is 38.4 Å². The number of ether oxygens (including phenoxy) is 1. The molecule has 2 aliphatic rings. The van der Waals surface area contributed by atoms with Gasteiger partial charge in [0.25, 0.3) is 0 Å². The van der Waals surface area contributed by atoms with Crippen LogP contribution in [0.5, 0.6) is 0 Å². The average Bonchev–Trinajstić information content (AvgIpc) is 2.63. The van der Waals surface area contributed by atoms with E-state index in [2.05, 4.69) is 46.7 Å². The standard InChI is InChI=1S/C19H29N3O2/c1-15-3-2-4-17(13-15)18(22-9-11-24-12-10-22)14-21-19(23)16-5-7-20-8-6-16/h2-4,13,16,18,20H,5-12,14H2,1H3,(H,21,23). The van der Waals surface area contributed by atoms with E-state index < -0.39 is 0 Å². The Hall–Kier alpha value is -1.43. The third kappa shape index (κ3) is 4.56. The Bertz CT molecular complexity index is 537. The number of carbonyl (C=O) groups is 1. The number of carbonyl (C=O) groups excluding carboxylic acids is 1. The highest BCUT2D eigenvalue weighted by Gasteiger charge is 2.25. The van der Waals surface area contributed by atoms with E-state index >= 15 is 0 Å². The van der Waals surface area contributed by atoms with Crippen LogP contribution in [0.15, 0.2) is 24.3 Å². The number of hydrogen-bond donors (Lipinski definition) is 2. The highest BCUT2D eigenvalue weighted by atomic mass is 16.5. The molecule has 5 nitrogen and oxygen atoms in total. The van der Waals surface area contributed by atoms with Crippen molar-refractivity contribution in [1.29, 1.82) is 0 Å². The van der Waals surface area contributed by atoms with E-state index in [-0.39, 0.29) is 17.9 Å². The maximum atomic E-state index is 12.5. The molecule has 132 valence electrons. The summed E-state index contributed by atoms with van der Waals surface area (Å²) in [5.41, 5.74) is 2.54. The highest BCUT2D eigenvalue weighted by molar-refractivity contribution is 5.78. The number of rotatable bonds is 5. The summed E-state index contributed by atoms with van der Waals surface area (Å²) in [6.07, 6.45) is 1.89. The van der Waals surface area contributed by atoms with Gasteiger partial charge < -0.3 is 15.4 Å². The Balaban J connectivity index is 1.66. The van der Waals surface area contributed by atoms with Crippen molar-refractivity contribution < 1.29 is 9.53 Å². The first-order chi connectivity index (χ1) is 11.7. The molecule has 2 saturated heterocycles. The average molecular weight is 331 g/mol. The molecule has 0 saturated carbocycles. The molecule has 0 aliphatic carbocycles. The van der Waals surface area contributed by atoms with Gasteiger partial charge in [0.1, 0.15) is 0 Å². The lowest BCUT2D eigenvalue weighted by atomic mass is 9.96. The Kier molecular flexibility index (Phi) is 6.24. The van der Waals surface area contributed by atoms with Crippen LogP contribution in [0.1, 0.15) is 30.0 Å². The summed E-state index contributed by atoms with van der Waals surface area (Å²) >= 11 is 0. The van der Waals surface area contributed by atoms with Gasteiger partial charge in [-0.15, -0.1) is 0 Å². The summed E-state index contributed by atoms with van der Waals surface area (Å²) in [5.74, 6) is 0.372. The van der Waals surface area contributed by atoms with Gasteiger partial charge in [-0.2, -0.15) is 0 Å². The largest absolute Gasteiger partial charge is 0.379 e. The number of hydrogen-bond acceptors (Lipinski definition) is 4. The van der Waals surface area contributed by atoms with Gasteiger partial charge in [0.2, 0.25) is 5.91 Å². The van der Waals surface area contributed by atoms with Gasteiger partial charge in [-0.25, -0.2) is 0 Å². The van der Waals surface area contributed by atoms with Crippen LogP contribution in [0.2, 0.25) is 0 Å². The lowest BCUT2D eigenvalue weighted by Gasteiger charge is -2.35. The molecular weight excluding hydrogens is 302 g/mol. The summed E-state index contributed by atoms with van der Waals surface area (Å²) in [6, 6.07) is 8.85. The van der Waals surface area contributed by atoms with Crippen LogP contribution in [-0.2, 0) is 9.53 Å². The summed E-state index contributed by atoms with van der Waals surface area (Å²) < 4.78 is 5.49. The number of amides is 1. The first-order valence-electron chi connectivity index (χ1n) is 9.11. The van der Waals surface area contributed by atoms with E-state index in [4.69, 9.17) is 4.74 Å². The van der Waals surface area contributed by atoms with E-state index in [1.54, 1.807) is 0 Å². The SMILES string of the molecule is Cc1cccc(C(CNC(=O)C2CCNCC2)N2CCOCC2)c1. The minimum atomic E-state index is 0.161. The Morgan fingerprint density at radius 3 is 2.79 bits per heavy atom. The molecule has 1 unspecified atom stereocenters. The molecule has 2 N–H and O–H groups in total. The monoisotopic (exact) mass is 331 g/mol. The van der Waals surface area contributed by atoms with Gasteiger partial charge in [-0.1, -0.05) is 29.8 Å². The van der Waals surface area contributed by atoms with Crippen LogP contribution in [-0.4, -0.2) is 56.7 Å². The maximum absolute atomic E-state index is 12.5. The Morgan fingerprint density at radius 1 is 1.33 bits per heavy atom. The van der Waals surface area contributed by atoms with Crippen molar-refractivity contribution in [3.05, 3.63) is 35.4 Å². The van der Waals surface area contributed by atoms with Gasteiger partial charge in [0, 0.05) is 25.6 Å². The van der Waals surface area contributed by atoms with E-state index in [1.807, 2.05) is 0 Å². The summed E-state index contributed by atoms with van der Waals surface area (Å²) in [6.45, 7) is 8.06. The van der Waals surface area contributed by atoms with E-state index in [0.717, 1.165) is 52.2 Å². The molecule has 24 heavy (non-hydrogen) atoms. The predicted octanol–water partition coefficient (Wildman–Crippen LogP) is 1.48. The van der Waals surface area contributed by atoms with Gasteiger partial charge in [0.05, 0.1) is 19.3 Å². The minimum absolute atomic E-state index is 0.161. The molecule has 1 atom stereocenters. The zero-order chi connectivity index (χ0) is 16.8. The molecule has 1 amide bonds. The predicted molar refractivity (Wildman–Crippen MR) is 94.9 cm³/mol. The second-order valence-corrected chi connectivity index (χ2v) is 6.85. The first kappa shape index (κ1) is 17.4. The third-order valence-electron chi connectivity index (χ3n) is 5.09. The topological polar surface area (TPSA) is 53.6 Å². The van der Waals surface area contributed by atoms with Crippen molar-refractivity contribution in [3.63, 3.8) is 0 Å². The first-order valence-corrected chi connectivity index (χ1v) is 9.11. The number of aryl methyl sites for hydroxylation is 1. The molecule has 1 aromatic carbocycles. The lowest BCUT2D eigenvalue weighted by molar-refractivity contribution is -0.126. The zero-order valence-corrected chi connectivity index (χ0v) is 14.6. The molecule has 1 aromatic rings. The second kappa shape index (κ2) is 8.60. The highest BCUT2D eigenvalue weighted by Crippen LogP contribution is 2.22. The van der Waals surface area contributed by atoms with Crippen LogP contribution in [0.3, 0.4) is 0 Å². The Morgan fingerprint density at radius 2 is 2.08 bits per heavy atom. The normalized spacial score (nSPS) is 21.4. The van der Waals surface area contributed by atoms with Crippen LogP contribution < -0.4 is 10.6 Å². The summed E-state index contributed by atoms with van der Waals surface area (Å²) in [5, 5.41) is 6.53. The van der Waals surface area contributed by atoms with Crippen LogP contribution >= 0.6 is 0 Å². The molecule has 3 rings (SSSR count). The fraction of sp³-hybridized carbons (Fsp3) is 0.632. The molecule has 0 radical (unpaired) electrons. The molecule has 2 fully saturated rings. The van der Waals surface area contributed by atoms with E-state index in [1.165, 1.54) is 11.1 Å². The fourth-order valence-corrected chi connectivity index (χ4v) is 3.65. The van der Waals surface area contributed by atoms with Crippen LogP contribution in [0.4, 0.5) is 0 Å². The number of benzene rings is 1. The lowest BCUT2D eigenvalue weighted by Crippen LogP contribution is -2.45. The van der Waals surface area contributed by atoms with E-state index in [0.29, 0.717) is 6.54 Å². The molecule has 0 spiro atoms. The van der Waals surface area contributed by atoms with Crippen molar-refractivity contribution in [2.24, 2.45) is 5.92 Å². The molecule has 0 bridgehead atoms. The smallest absolute Gasteiger partial charge is 0.223 e. The minimum Gasteiger partial charge on any atom is -0.379 e. The second-order valence-electron chi connectivity index (χ2n) is 6.85. The van der Waals surface area contributed by atoms with Crippen LogP contribution in [0, 0.1) is 12.8 Å². The van der Waals surface area contributed by atoms with Crippen molar-refractivity contribution in [2.75, 3.05) is 45.9 Å². The van der Waals surface area contributed by atoms with Crippen LogP contribution in [0.25, 0.3) is 0 Å². The fourth-order valence-electron chi connectivity index (χ4n) is 3.65. The number of nitrogens with zero attached hydrogens (tertiary/aromatic N) is 1. The number of morpholine rings is 1. The maximum Gasteiger partial charge on any atom is 0.223 e. The summed E-state index contributed by atoms with van der Waals surface area (Å²) in [4.78, 5) is 14.9. The van der Waals surface area contributed by atoms with Crippen molar-refractivity contribution in [3.8, 4) is 0 Å². The zero-order valence-electron chi connectivity index (χ0n) is 14.6. The molecule has 5 heteroatoms. The van der Waals surface area contributed by atoms with Gasteiger partial charge in [0.15, 0.2) is 0 Å².